The van der Waals surface area contributed by atoms with Crippen LogP contribution in [0, 0.1) is 0 Å². The van der Waals surface area contributed by atoms with Gasteiger partial charge in [0.15, 0.2) is 0 Å². The van der Waals surface area contributed by atoms with E-state index < -0.39 is 0 Å². The molecule has 0 saturated heterocycles. The Morgan fingerprint density at radius 1 is 0.762 bits per heavy atom. The molecule has 2 nitrogen and oxygen atoms in total. The first-order valence-electron chi connectivity index (χ1n) is 8.39. The molecule has 0 aliphatic carbocycles. The Balaban J connectivity index is 0.00000191. The zero-order valence-corrected chi connectivity index (χ0v) is 13.7. The first-order chi connectivity index (χ1) is 10.3. The monoisotopic (exact) mass is 292 g/mol. The zero-order valence-electron chi connectivity index (χ0n) is 13.7. The lowest BCUT2D eigenvalue weighted by molar-refractivity contribution is -0.0979. The fourth-order valence-corrected chi connectivity index (χ4v) is 2.48. The lowest BCUT2D eigenvalue weighted by Gasteiger charge is -2.03. The summed E-state index contributed by atoms with van der Waals surface area (Å²) in [6, 6.07) is 7.63. The highest BCUT2D eigenvalue weighted by Gasteiger charge is 1.95. The summed E-state index contributed by atoms with van der Waals surface area (Å²) in [5.41, 5.74) is 1.34. The van der Waals surface area contributed by atoms with Crippen molar-refractivity contribution in [2.24, 2.45) is 0 Å². The molecule has 0 aromatic heterocycles. The standard InChI is InChI=1S/C18H30O.CH2O/c1-2-3-4-5-6-7-8-9-10-11-12-17-13-15-18(19)16-14-17;1-2/h13-16,19H,2-12H2,1H3;1H2. The van der Waals surface area contributed by atoms with Gasteiger partial charge in [-0.15, -0.1) is 0 Å². The molecule has 0 unspecified atom stereocenters. The average Bonchev–Trinajstić information content (AvgIpc) is 2.53. The number of rotatable bonds is 11. The van der Waals surface area contributed by atoms with E-state index in [1.54, 1.807) is 12.1 Å². The van der Waals surface area contributed by atoms with Gasteiger partial charge >= 0.3 is 0 Å². The van der Waals surface area contributed by atoms with E-state index in [4.69, 9.17) is 4.79 Å². The Bertz CT molecular complexity index is 319. The number of aromatic hydroxyl groups is 1. The summed E-state index contributed by atoms with van der Waals surface area (Å²) in [7, 11) is 0. The van der Waals surface area contributed by atoms with Gasteiger partial charge in [-0.25, -0.2) is 0 Å². The van der Waals surface area contributed by atoms with E-state index in [9.17, 15) is 5.11 Å². The third-order valence-corrected chi connectivity index (χ3v) is 3.76. The van der Waals surface area contributed by atoms with Crippen molar-refractivity contribution in [1.29, 1.82) is 0 Å². The van der Waals surface area contributed by atoms with Gasteiger partial charge in [0.05, 0.1) is 0 Å². The predicted octanol–water partition coefficient (Wildman–Crippen LogP) is 5.67. The number of hydrogen-bond acceptors (Lipinski definition) is 2. The van der Waals surface area contributed by atoms with Gasteiger partial charge in [-0.05, 0) is 30.5 Å². The predicted molar refractivity (Wildman–Crippen MR) is 90.8 cm³/mol. The lowest BCUT2D eigenvalue weighted by atomic mass is 10.0. The van der Waals surface area contributed by atoms with Gasteiger partial charge in [0, 0.05) is 0 Å². The molecule has 0 aliphatic heterocycles. The van der Waals surface area contributed by atoms with Crippen LogP contribution in [-0.4, -0.2) is 11.9 Å². The van der Waals surface area contributed by atoms with Crippen LogP contribution in [-0.2, 0) is 11.2 Å². The number of carbonyl (C=O) groups excluding carboxylic acids is 1. The summed E-state index contributed by atoms with van der Waals surface area (Å²) >= 11 is 0. The Hall–Kier alpha value is -1.31. The van der Waals surface area contributed by atoms with Crippen LogP contribution in [0.3, 0.4) is 0 Å². The molecule has 1 N–H and O–H groups in total. The second-order valence-corrected chi connectivity index (χ2v) is 5.60. The highest BCUT2D eigenvalue weighted by molar-refractivity contribution is 5.25. The third-order valence-electron chi connectivity index (χ3n) is 3.76. The van der Waals surface area contributed by atoms with Crippen molar-refractivity contribution in [3.05, 3.63) is 29.8 Å². The Labute approximate surface area is 130 Å². The normalized spacial score (nSPS) is 9.95. The van der Waals surface area contributed by atoms with E-state index >= 15 is 0 Å². The van der Waals surface area contributed by atoms with E-state index in [2.05, 4.69) is 6.92 Å². The van der Waals surface area contributed by atoms with Gasteiger partial charge in [-0.1, -0.05) is 76.8 Å². The molecule has 0 amide bonds. The van der Waals surface area contributed by atoms with Gasteiger partial charge in [0.1, 0.15) is 12.5 Å². The van der Waals surface area contributed by atoms with Crippen molar-refractivity contribution in [2.45, 2.75) is 77.6 Å². The third kappa shape index (κ3) is 12.2. The van der Waals surface area contributed by atoms with E-state index in [1.807, 2.05) is 18.9 Å². The van der Waals surface area contributed by atoms with Gasteiger partial charge < -0.3 is 9.90 Å². The average molecular weight is 292 g/mol. The number of phenolic OH excluding ortho intramolecular Hbond substituents is 1. The molecule has 0 atom stereocenters. The van der Waals surface area contributed by atoms with Crippen molar-refractivity contribution in [3.63, 3.8) is 0 Å². The fourth-order valence-electron chi connectivity index (χ4n) is 2.48. The van der Waals surface area contributed by atoms with Crippen LogP contribution in [0.5, 0.6) is 5.75 Å². The fraction of sp³-hybridized carbons (Fsp3) is 0.632. The molecule has 0 bridgehead atoms. The molecule has 21 heavy (non-hydrogen) atoms. The van der Waals surface area contributed by atoms with Crippen LogP contribution in [0.4, 0.5) is 0 Å². The van der Waals surface area contributed by atoms with Crippen molar-refractivity contribution in [2.75, 3.05) is 0 Å². The Morgan fingerprint density at radius 3 is 1.67 bits per heavy atom. The first kappa shape index (κ1) is 19.7. The smallest absolute Gasteiger partial charge is 0.115 e. The number of phenols is 1. The minimum absolute atomic E-state index is 0.367. The summed E-state index contributed by atoms with van der Waals surface area (Å²) in [4.78, 5) is 8.00. The summed E-state index contributed by atoms with van der Waals surface area (Å²) in [5.74, 6) is 0.367. The van der Waals surface area contributed by atoms with Gasteiger partial charge in [-0.3, -0.25) is 0 Å². The van der Waals surface area contributed by atoms with Crippen LogP contribution in [0.1, 0.15) is 76.7 Å². The highest BCUT2D eigenvalue weighted by atomic mass is 16.3. The molecule has 0 fully saturated rings. The van der Waals surface area contributed by atoms with Crippen LogP contribution >= 0.6 is 0 Å². The van der Waals surface area contributed by atoms with Crippen molar-refractivity contribution in [3.8, 4) is 5.75 Å². The van der Waals surface area contributed by atoms with Crippen LogP contribution in [0.25, 0.3) is 0 Å². The molecule has 2 heteroatoms. The Morgan fingerprint density at radius 2 is 1.19 bits per heavy atom. The number of aryl methyl sites for hydroxylation is 1. The van der Waals surface area contributed by atoms with E-state index in [-0.39, 0.29) is 0 Å². The van der Waals surface area contributed by atoms with Crippen molar-refractivity contribution < 1.29 is 9.90 Å². The minimum atomic E-state index is 0.367. The molecule has 120 valence electrons. The summed E-state index contributed by atoms with van der Waals surface area (Å²) < 4.78 is 0. The Kier molecular flexibility index (Phi) is 14.1. The number of unbranched alkanes of at least 4 members (excludes halogenated alkanes) is 9. The maximum absolute atomic E-state index is 9.20. The maximum atomic E-state index is 9.20. The maximum Gasteiger partial charge on any atom is 0.115 e. The summed E-state index contributed by atoms with van der Waals surface area (Å²) in [5, 5.41) is 9.20. The molecule has 0 spiro atoms. The van der Waals surface area contributed by atoms with E-state index in [0.29, 0.717) is 5.75 Å². The molecular weight excluding hydrogens is 260 g/mol. The van der Waals surface area contributed by atoms with Gasteiger partial charge in [-0.2, -0.15) is 0 Å². The first-order valence-corrected chi connectivity index (χ1v) is 8.39. The molecule has 0 radical (unpaired) electrons. The summed E-state index contributed by atoms with van der Waals surface area (Å²) in [6.45, 7) is 4.27. The van der Waals surface area contributed by atoms with Crippen LogP contribution in [0.2, 0.25) is 0 Å². The second kappa shape index (κ2) is 15.1. The number of benzene rings is 1. The zero-order chi connectivity index (χ0) is 15.8. The minimum Gasteiger partial charge on any atom is -0.508 e. The molecular formula is C19H32O2. The van der Waals surface area contributed by atoms with Crippen molar-refractivity contribution >= 4 is 6.79 Å². The molecule has 0 heterocycles. The van der Waals surface area contributed by atoms with E-state index in [0.717, 1.165) is 6.42 Å². The molecule has 0 saturated carbocycles. The quantitative estimate of drug-likeness (QED) is 0.533. The van der Waals surface area contributed by atoms with Gasteiger partial charge in [0.25, 0.3) is 0 Å². The molecule has 1 aromatic carbocycles. The van der Waals surface area contributed by atoms with E-state index in [1.165, 1.54) is 69.8 Å². The number of carbonyl (C=O) groups is 1. The van der Waals surface area contributed by atoms with Crippen LogP contribution in [0.15, 0.2) is 24.3 Å². The van der Waals surface area contributed by atoms with Gasteiger partial charge in [0.2, 0.25) is 0 Å². The molecule has 1 aromatic rings. The van der Waals surface area contributed by atoms with Crippen molar-refractivity contribution in [1.82, 2.24) is 0 Å². The van der Waals surface area contributed by atoms with Crippen LogP contribution < -0.4 is 0 Å². The number of hydrogen-bond donors (Lipinski definition) is 1. The largest absolute Gasteiger partial charge is 0.508 e. The SMILES string of the molecule is C=O.CCCCCCCCCCCCc1ccc(O)cc1. The molecule has 0 aliphatic rings. The second-order valence-electron chi connectivity index (χ2n) is 5.60. The lowest BCUT2D eigenvalue weighted by Crippen LogP contribution is -1.86. The highest BCUT2D eigenvalue weighted by Crippen LogP contribution is 2.14. The summed E-state index contributed by atoms with van der Waals surface area (Å²) in [6.07, 6.45) is 15.0. The molecule has 1 rings (SSSR count). The topological polar surface area (TPSA) is 37.3 Å².